The van der Waals surface area contributed by atoms with Gasteiger partial charge in [0, 0.05) is 5.71 Å². The van der Waals surface area contributed by atoms with Gasteiger partial charge in [-0.25, -0.2) is 5.43 Å². The van der Waals surface area contributed by atoms with Crippen LogP contribution in [0.4, 0.5) is 0 Å². The molecule has 0 aliphatic rings. The Kier molecular flexibility index (Phi) is 6.43. The van der Waals surface area contributed by atoms with Gasteiger partial charge in [0.05, 0.1) is 18.9 Å². The van der Waals surface area contributed by atoms with Gasteiger partial charge in [0.2, 0.25) is 5.91 Å². The molecule has 0 unspecified atom stereocenters. The Morgan fingerprint density at radius 3 is 2.55 bits per heavy atom. The van der Waals surface area contributed by atoms with E-state index in [2.05, 4.69) is 10.5 Å². The predicted octanol–water partition coefficient (Wildman–Crippen LogP) is 1.92. The highest BCUT2D eigenvalue weighted by atomic mass is 16.5. The van der Waals surface area contributed by atoms with Crippen molar-refractivity contribution in [2.75, 3.05) is 6.61 Å². The van der Waals surface area contributed by atoms with E-state index in [-0.39, 0.29) is 18.3 Å². The smallest absolute Gasteiger partial charge is 0.314 e. The summed E-state index contributed by atoms with van der Waals surface area (Å²) >= 11 is 0. The molecule has 0 aromatic heterocycles. The summed E-state index contributed by atoms with van der Waals surface area (Å²) in [6.45, 7) is 5.46. The van der Waals surface area contributed by atoms with E-state index in [9.17, 15) is 9.59 Å². The van der Waals surface area contributed by atoms with Gasteiger partial charge >= 0.3 is 5.97 Å². The van der Waals surface area contributed by atoms with Crippen molar-refractivity contribution in [3.05, 3.63) is 35.9 Å². The Balaban J connectivity index is 2.50. The van der Waals surface area contributed by atoms with Crippen molar-refractivity contribution < 1.29 is 14.3 Å². The largest absolute Gasteiger partial charge is 0.465 e. The number of hydrogen-bond acceptors (Lipinski definition) is 4. The molecular formula is C15H20N2O3. The first-order valence-corrected chi connectivity index (χ1v) is 6.58. The Hall–Kier alpha value is -2.17. The summed E-state index contributed by atoms with van der Waals surface area (Å²) in [5.41, 5.74) is 3.88. The van der Waals surface area contributed by atoms with Crippen LogP contribution < -0.4 is 5.43 Å². The molecule has 5 nitrogen and oxygen atoms in total. The van der Waals surface area contributed by atoms with Gasteiger partial charge in [0.25, 0.3) is 0 Å². The Morgan fingerprint density at radius 1 is 1.30 bits per heavy atom. The molecule has 0 fully saturated rings. The lowest BCUT2D eigenvalue weighted by molar-refractivity contribution is -0.145. The fraction of sp³-hybridized carbons (Fsp3) is 0.400. The minimum atomic E-state index is -0.466. The summed E-state index contributed by atoms with van der Waals surface area (Å²) in [5, 5.41) is 3.94. The molecule has 1 atom stereocenters. The molecule has 0 bridgehead atoms. The van der Waals surface area contributed by atoms with Crippen molar-refractivity contribution >= 4 is 17.6 Å². The molecular weight excluding hydrogens is 256 g/mol. The molecule has 1 rings (SSSR count). The first kappa shape index (κ1) is 15.9. The number of nitrogens with one attached hydrogen (secondary N) is 1. The molecule has 0 spiro atoms. The number of amides is 1. The topological polar surface area (TPSA) is 67.8 Å². The van der Waals surface area contributed by atoms with Gasteiger partial charge in [-0.3, -0.25) is 9.59 Å². The second-order valence-corrected chi connectivity index (χ2v) is 4.42. The molecule has 0 heterocycles. The van der Waals surface area contributed by atoms with Crippen molar-refractivity contribution in [3.8, 4) is 0 Å². The molecule has 20 heavy (non-hydrogen) atoms. The molecule has 0 saturated heterocycles. The van der Waals surface area contributed by atoms with E-state index in [0.717, 1.165) is 5.56 Å². The fourth-order valence-corrected chi connectivity index (χ4v) is 1.51. The molecule has 1 amide bonds. The summed E-state index contributed by atoms with van der Waals surface area (Å²) in [4.78, 5) is 23.2. The molecule has 0 aliphatic carbocycles. The number of ether oxygens (including phenoxy) is 1. The molecule has 108 valence electrons. The number of carbonyl (C=O) groups is 2. The van der Waals surface area contributed by atoms with E-state index < -0.39 is 5.92 Å². The van der Waals surface area contributed by atoms with E-state index in [1.807, 2.05) is 30.3 Å². The van der Waals surface area contributed by atoms with Crippen LogP contribution in [-0.4, -0.2) is 24.2 Å². The SMILES string of the molecule is CCOC(=O)[C@@H](C)/C(C)=N\NC(=O)Cc1ccccc1. The molecule has 0 saturated carbocycles. The summed E-state index contributed by atoms with van der Waals surface area (Å²) in [5.74, 6) is -1.02. The Labute approximate surface area is 119 Å². The zero-order chi connectivity index (χ0) is 15.0. The van der Waals surface area contributed by atoms with Crippen molar-refractivity contribution in [3.63, 3.8) is 0 Å². The van der Waals surface area contributed by atoms with Gasteiger partial charge in [-0.1, -0.05) is 30.3 Å². The molecule has 1 N–H and O–H groups in total. The van der Waals surface area contributed by atoms with Crippen molar-refractivity contribution in [2.24, 2.45) is 11.0 Å². The third-order valence-electron chi connectivity index (χ3n) is 2.83. The average molecular weight is 276 g/mol. The van der Waals surface area contributed by atoms with Crippen molar-refractivity contribution in [1.82, 2.24) is 5.43 Å². The van der Waals surface area contributed by atoms with Crippen LogP contribution in [0.2, 0.25) is 0 Å². The Bertz CT molecular complexity index is 483. The number of hydrogen-bond donors (Lipinski definition) is 1. The number of carbonyl (C=O) groups excluding carboxylic acids is 2. The first-order chi connectivity index (χ1) is 9.54. The maximum absolute atomic E-state index is 11.7. The van der Waals surface area contributed by atoms with Gasteiger partial charge in [-0.15, -0.1) is 0 Å². The van der Waals surface area contributed by atoms with E-state index in [4.69, 9.17) is 4.74 Å². The van der Waals surface area contributed by atoms with Crippen LogP contribution in [0.25, 0.3) is 0 Å². The quantitative estimate of drug-likeness (QED) is 0.490. The lowest BCUT2D eigenvalue weighted by Crippen LogP contribution is -2.26. The van der Waals surface area contributed by atoms with E-state index in [1.165, 1.54) is 0 Å². The maximum Gasteiger partial charge on any atom is 0.314 e. The van der Waals surface area contributed by atoms with Gasteiger partial charge in [0.1, 0.15) is 0 Å². The van der Waals surface area contributed by atoms with Crippen LogP contribution in [0.3, 0.4) is 0 Å². The van der Waals surface area contributed by atoms with Crippen LogP contribution in [0, 0.1) is 5.92 Å². The van der Waals surface area contributed by atoms with E-state index in [1.54, 1.807) is 20.8 Å². The molecule has 5 heteroatoms. The lowest BCUT2D eigenvalue weighted by atomic mass is 10.1. The first-order valence-electron chi connectivity index (χ1n) is 6.58. The predicted molar refractivity (Wildman–Crippen MR) is 77.2 cm³/mol. The molecule has 0 radical (unpaired) electrons. The van der Waals surface area contributed by atoms with Crippen LogP contribution in [0.1, 0.15) is 26.3 Å². The lowest BCUT2D eigenvalue weighted by Gasteiger charge is -2.10. The van der Waals surface area contributed by atoms with Gasteiger partial charge in [0.15, 0.2) is 0 Å². The van der Waals surface area contributed by atoms with Crippen LogP contribution in [-0.2, 0) is 20.7 Å². The normalized spacial score (nSPS) is 12.7. The molecule has 1 aromatic carbocycles. The highest BCUT2D eigenvalue weighted by molar-refractivity contribution is 6.00. The van der Waals surface area contributed by atoms with Gasteiger partial charge in [-0.2, -0.15) is 5.10 Å². The average Bonchev–Trinajstić information content (AvgIpc) is 2.45. The zero-order valence-electron chi connectivity index (χ0n) is 12.1. The number of nitrogens with zero attached hydrogens (tertiary/aromatic N) is 1. The van der Waals surface area contributed by atoms with Crippen molar-refractivity contribution in [2.45, 2.75) is 27.2 Å². The standard InChI is InChI=1S/C15H20N2O3/c1-4-20-15(19)11(2)12(3)16-17-14(18)10-13-8-6-5-7-9-13/h5-9,11H,4,10H2,1-3H3,(H,17,18)/b16-12-/t11-/m0/s1. The second kappa shape index (κ2) is 8.09. The number of rotatable bonds is 6. The highest BCUT2D eigenvalue weighted by Gasteiger charge is 2.17. The maximum atomic E-state index is 11.7. The number of hydrazone groups is 1. The fourth-order valence-electron chi connectivity index (χ4n) is 1.51. The number of esters is 1. The van der Waals surface area contributed by atoms with Gasteiger partial charge < -0.3 is 4.74 Å². The third-order valence-corrected chi connectivity index (χ3v) is 2.83. The minimum absolute atomic E-state index is 0.216. The molecule has 1 aromatic rings. The monoisotopic (exact) mass is 276 g/mol. The Morgan fingerprint density at radius 2 is 1.95 bits per heavy atom. The zero-order valence-corrected chi connectivity index (χ0v) is 12.1. The second-order valence-electron chi connectivity index (χ2n) is 4.42. The van der Waals surface area contributed by atoms with E-state index in [0.29, 0.717) is 12.3 Å². The summed E-state index contributed by atoms with van der Waals surface area (Å²) < 4.78 is 4.89. The van der Waals surface area contributed by atoms with Gasteiger partial charge in [-0.05, 0) is 26.3 Å². The number of benzene rings is 1. The highest BCUT2D eigenvalue weighted by Crippen LogP contribution is 2.02. The summed E-state index contributed by atoms with van der Waals surface area (Å²) in [6.07, 6.45) is 0.255. The van der Waals surface area contributed by atoms with Crippen LogP contribution >= 0.6 is 0 Å². The van der Waals surface area contributed by atoms with E-state index >= 15 is 0 Å². The van der Waals surface area contributed by atoms with Crippen molar-refractivity contribution in [1.29, 1.82) is 0 Å². The summed E-state index contributed by atoms with van der Waals surface area (Å²) in [7, 11) is 0. The van der Waals surface area contributed by atoms with Crippen LogP contribution in [0.15, 0.2) is 35.4 Å². The van der Waals surface area contributed by atoms with Crippen LogP contribution in [0.5, 0.6) is 0 Å². The molecule has 0 aliphatic heterocycles. The third kappa shape index (κ3) is 5.22. The summed E-state index contributed by atoms with van der Waals surface area (Å²) in [6, 6.07) is 9.39. The minimum Gasteiger partial charge on any atom is -0.465 e.